The molecular weight excluding hydrogens is 244 g/mol. The molecule has 0 aliphatic rings. The van der Waals surface area contributed by atoms with Crippen LogP contribution in [0, 0.1) is 13.8 Å². The van der Waals surface area contributed by atoms with Crippen molar-refractivity contribution in [3.8, 4) is 0 Å². The van der Waals surface area contributed by atoms with Gasteiger partial charge >= 0.3 is 5.97 Å². The number of aromatic carboxylic acids is 1. The van der Waals surface area contributed by atoms with Crippen LogP contribution >= 0.6 is 12.4 Å². The van der Waals surface area contributed by atoms with Gasteiger partial charge in [0.2, 0.25) is 0 Å². The maximum Gasteiger partial charge on any atom is 0.356 e. The molecule has 0 bridgehead atoms. The van der Waals surface area contributed by atoms with E-state index in [-0.39, 0.29) is 18.1 Å². The van der Waals surface area contributed by atoms with E-state index in [1.165, 1.54) is 4.52 Å². The minimum absolute atomic E-state index is 0. The quantitative estimate of drug-likeness (QED) is 0.879. The molecule has 1 N–H and O–H groups in total. The first-order valence-corrected chi connectivity index (χ1v) is 5.01. The average Bonchev–Trinajstić information content (AvgIpc) is 2.65. The molecule has 0 unspecified atom stereocenters. The highest BCUT2D eigenvalue weighted by Crippen LogP contribution is 2.16. The molecule has 0 fully saturated rings. The zero-order chi connectivity index (χ0) is 11.9. The molecule has 0 saturated heterocycles. The predicted molar refractivity (Wildman–Crippen MR) is 63.8 cm³/mol. The van der Waals surface area contributed by atoms with E-state index in [0.29, 0.717) is 23.5 Å². The fourth-order valence-corrected chi connectivity index (χ4v) is 1.59. The van der Waals surface area contributed by atoms with Crippen molar-refractivity contribution in [3.05, 3.63) is 22.6 Å². The number of carboxylic acids is 1. The SMILES string of the molecule is CCc1nnc2c(C)c(C)c(C(=O)O)nn12.Cl. The first kappa shape index (κ1) is 13.4. The van der Waals surface area contributed by atoms with E-state index in [4.69, 9.17) is 5.11 Å². The zero-order valence-corrected chi connectivity index (χ0v) is 10.6. The molecule has 0 spiro atoms. The number of aromatic nitrogens is 4. The van der Waals surface area contributed by atoms with Crippen LogP contribution in [0.1, 0.15) is 34.4 Å². The first-order chi connectivity index (χ1) is 7.56. The molecule has 0 aliphatic heterocycles. The Morgan fingerprint density at radius 3 is 2.47 bits per heavy atom. The summed E-state index contributed by atoms with van der Waals surface area (Å²) < 4.78 is 1.51. The second kappa shape index (κ2) is 4.67. The fourth-order valence-electron chi connectivity index (χ4n) is 1.59. The van der Waals surface area contributed by atoms with Crippen molar-refractivity contribution in [1.29, 1.82) is 0 Å². The molecule has 0 radical (unpaired) electrons. The molecule has 0 amide bonds. The monoisotopic (exact) mass is 256 g/mol. The van der Waals surface area contributed by atoms with Crippen molar-refractivity contribution < 1.29 is 9.90 Å². The number of hydrogen-bond acceptors (Lipinski definition) is 4. The first-order valence-electron chi connectivity index (χ1n) is 5.01. The summed E-state index contributed by atoms with van der Waals surface area (Å²) in [6.45, 7) is 5.48. The van der Waals surface area contributed by atoms with Crippen LogP contribution in [-0.2, 0) is 6.42 Å². The summed E-state index contributed by atoms with van der Waals surface area (Å²) in [6, 6.07) is 0. The molecule has 2 rings (SSSR count). The summed E-state index contributed by atoms with van der Waals surface area (Å²) >= 11 is 0. The largest absolute Gasteiger partial charge is 0.476 e. The Hall–Kier alpha value is -1.69. The lowest BCUT2D eigenvalue weighted by atomic mass is 10.1. The summed E-state index contributed by atoms with van der Waals surface area (Å²) in [4.78, 5) is 11.0. The number of fused-ring (bicyclic) bond motifs is 1. The van der Waals surface area contributed by atoms with Crippen LogP contribution in [0.5, 0.6) is 0 Å². The van der Waals surface area contributed by atoms with Crippen molar-refractivity contribution in [2.24, 2.45) is 0 Å². The Morgan fingerprint density at radius 1 is 1.29 bits per heavy atom. The van der Waals surface area contributed by atoms with Gasteiger partial charge in [-0.05, 0) is 19.4 Å². The van der Waals surface area contributed by atoms with Crippen molar-refractivity contribution in [1.82, 2.24) is 19.8 Å². The van der Waals surface area contributed by atoms with Gasteiger partial charge in [0.25, 0.3) is 0 Å². The van der Waals surface area contributed by atoms with Crippen LogP contribution in [0.3, 0.4) is 0 Å². The van der Waals surface area contributed by atoms with Gasteiger partial charge in [0.05, 0.1) is 0 Å². The van der Waals surface area contributed by atoms with E-state index < -0.39 is 5.97 Å². The summed E-state index contributed by atoms with van der Waals surface area (Å²) in [5.74, 6) is -0.362. The predicted octanol–water partition coefficient (Wildman–Crippen LogP) is 1.42. The third kappa shape index (κ3) is 1.95. The Morgan fingerprint density at radius 2 is 1.94 bits per heavy atom. The summed E-state index contributed by atoms with van der Waals surface area (Å²) in [6.07, 6.45) is 0.662. The van der Waals surface area contributed by atoms with Gasteiger partial charge in [-0.3, -0.25) is 0 Å². The number of rotatable bonds is 2. The van der Waals surface area contributed by atoms with Crippen molar-refractivity contribution in [2.75, 3.05) is 0 Å². The van der Waals surface area contributed by atoms with E-state index in [1.807, 2.05) is 13.8 Å². The molecule has 2 heterocycles. The van der Waals surface area contributed by atoms with Gasteiger partial charge < -0.3 is 5.11 Å². The van der Waals surface area contributed by atoms with Crippen molar-refractivity contribution >= 4 is 24.0 Å². The molecule has 17 heavy (non-hydrogen) atoms. The zero-order valence-electron chi connectivity index (χ0n) is 9.76. The van der Waals surface area contributed by atoms with Gasteiger partial charge in [0.15, 0.2) is 17.2 Å². The highest BCUT2D eigenvalue weighted by atomic mass is 35.5. The standard InChI is InChI=1S/C10H12N4O2.ClH/c1-4-7-11-12-9-6(3)5(2)8(10(15)16)13-14(7)9;/h4H2,1-3H3,(H,15,16);1H. The average molecular weight is 257 g/mol. The van der Waals surface area contributed by atoms with Gasteiger partial charge in [-0.1, -0.05) is 6.92 Å². The van der Waals surface area contributed by atoms with Crippen molar-refractivity contribution in [2.45, 2.75) is 27.2 Å². The number of aryl methyl sites for hydroxylation is 2. The molecule has 7 heteroatoms. The lowest BCUT2D eigenvalue weighted by Gasteiger charge is -2.05. The van der Waals surface area contributed by atoms with Crippen LogP contribution in [0.25, 0.3) is 5.65 Å². The van der Waals surface area contributed by atoms with Crippen molar-refractivity contribution in [3.63, 3.8) is 0 Å². The molecule has 0 saturated carbocycles. The smallest absolute Gasteiger partial charge is 0.356 e. The Labute approximate surface area is 104 Å². The van der Waals surface area contributed by atoms with Crippen LogP contribution in [0.15, 0.2) is 0 Å². The Balaban J connectivity index is 0.00000144. The maximum absolute atomic E-state index is 11.0. The minimum Gasteiger partial charge on any atom is -0.476 e. The van der Waals surface area contributed by atoms with E-state index in [0.717, 1.165) is 5.56 Å². The van der Waals surface area contributed by atoms with E-state index >= 15 is 0 Å². The van der Waals surface area contributed by atoms with Crippen LogP contribution < -0.4 is 0 Å². The van der Waals surface area contributed by atoms with Crippen LogP contribution in [-0.4, -0.2) is 30.9 Å². The highest BCUT2D eigenvalue weighted by molar-refractivity contribution is 5.87. The van der Waals surface area contributed by atoms with Crippen LogP contribution in [0.2, 0.25) is 0 Å². The normalized spacial score (nSPS) is 10.3. The van der Waals surface area contributed by atoms with E-state index in [1.54, 1.807) is 6.92 Å². The summed E-state index contributed by atoms with van der Waals surface area (Å²) in [5, 5.41) is 21.1. The molecule has 0 atom stereocenters. The van der Waals surface area contributed by atoms with Gasteiger partial charge in [-0.2, -0.15) is 9.61 Å². The second-order valence-electron chi connectivity index (χ2n) is 3.61. The Bertz CT molecular complexity index is 579. The molecule has 0 aromatic carbocycles. The third-order valence-electron chi connectivity index (χ3n) is 2.68. The number of carboxylic acid groups (broad SMARTS) is 1. The lowest BCUT2D eigenvalue weighted by Crippen LogP contribution is -2.11. The number of halogens is 1. The lowest BCUT2D eigenvalue weighted by molar-refractivity contribution is 0.0687. The molecular formula is C10H13ClN4O2. The van der Waals surface area contributed by atoms with Gasteiger partial charge in [0, 0.05) is 12.0 Å². The van der Waals surface area contributed by atoms with Gasteiger partial charge in [-0.25, -0.2) is 4.79 Å². The third-order valence-corrected chi connectivity index (χ3v) is 2.68. The minimum atomic E-state index is -1.03. The maximum atomic E-state index is 11.0. The van der Waals surface area contributed by atoms with Gasteiger partial charge in [0.1, 0.15) is 0 Å². The number of hydrogen-bond donors (Lipinski definition) is 1. The van der Waals surface area contributed by atoms with E-state index in [2.05, 4.69) is 15.3 Å². The van der Waals surface area contributed by atoms with E-state index in [9.17, 15) is 4.79 Å². The number of nitrogens with zero attached hydrogens (tertiary/aromatic N) is 4. The van der Waals surface area contributed by atoms with Crippen LogP contribution in [0.4, 0.5) is 0 Å². The second-order valence-corrected chi connectivity index (χ2v) is 3.61. The van der Waals surface area contributed by atoms with Gasteiger partial charge in [-0.15, -0.1) is 22.6 Å². The fraction of sp³-hybridized carbons (Fsp3) is 0.400. The molecule has 0 aliphatic carbocycles. The molecule has 6 nitrogen and oxygen atoms in total. The molecule has 92 valence electrons. The molecule has 2 aromatic rings. The Kier molecular flexibility index (Phi) is 3.67. The summed E-state index contributed by atoms with van der Waals surface area (Å²) in [5.41, 5.74) is 2.12. The molecule has 2 aromatic heterocycles. The topological polar surface area (TPSA) is 80.4 Å². The number of carbonyl (C=O) groups is 1. The highest BCUT2D eigenvalue weighted by Gasteiger charge is 2.17. The summed E-state index contributed by atoms with van der Waals surface area (Å²) in [7, 11) is 0.